The highest BCUT2D eigenvalue weighted by Gasteiger charge is 2.41. The van der Waals surface area contributed by atoms with Crippen LogP contribution in [0.2, 0.25) is 0 Å². The van der Waals surface area contributed by atoms with Gasteiger partial charge in [-0.3, -0.25) is 4.68 Å². The molecule has 4 nitrogen and oxygen atoms in total. The second-order valence-electron chi connectivity index (χ2n) is 5.69. The van der Waals surface area contributed by atoms with E-state index in [2.05, 4.69) is 16.6 Å². The molecule has 1 saturated carbocycles. The zero-order valence-corrected chi connectivity index (χ0v) is 12.8. The van der Waals surface area contributed by atoms with Crippen LogP contribution in [0.25, 0.3) is 11.2 Å². The minimum absolute atomic E-state index is 0.0605. The van der Waals surface area contributed by atoms with Crippen molar-refractivity contribution in [2.75, 3.05) is 0 Å². The summed E-state index contributed by atoms with van der Waals surface area (Å²) in [7, 11) is 1.99. The maximum Gasteiger partial charge on any atom is 0.158 e. The average Bonchev–Trinajstić information content (AvgIpc) is 2.87. The molecule has 0 saturated heterocycles. The Hall–Kier alpha value is -1.03. The van der Waals surface area contributed by atoms with Crippen LogP contribution in [0.5, 0.6) is 0 Å². The molecule has 1 fully saturated rings. The first-order valence-corrected chi connectivity index (χ1v) is 7.53. The zero-order valence-electron chi connectivity index (χ0n) is 12.0. The van der Waals surface area contributed by atoms with Crippen LogP contribution >= 0.6 is 11.6 Å². The van der Waals surface area contributed by atoms with E-state index in [9.17, 15) is 0 Å². The number of nitrogens with zero attached hydrogens (tertiary/aromatic N) is 4. The topological polar surface area (TPSA) is 35.6 Å². The molecule has 0 aliphatic heterocycles. The van der Waals surface area contributed by atoms with Gasteiger partial charge in [0.2, 0.25) is 0 Å². The molecule has 1 aliphatic carbocycles. The Morgan fingerprint density at radius 3 is 2.84 bits per heavy atom. The molecule has 0 radical (unpaired) electrons. The molecule has 2 aromatic heterocycles. The molecule has 0 bridgehead atoms. The van der Waals surface area contributed by atoms with Crippen LogP contribution in [0.1, 0.15) is 56.0 Å². The number of alkyl halides is 1. The van der Waals surface area contributed by atoms with Crippen LogP contribution in [0.15, 0.2) is 0 Å². The summed E-state index contributed by atoms with van der Waals surface area (Å²) in [5.41, 5.74) is 3.12. The van der Waals surface area contributed by atoms with Crippen LogP contribution in [-0.4, -0.2) is 19.3 Å². The van der Waals surface area contributed by atoms with Crippen LogP contribution in [0.4, 0.5) is 0 Å². The van der Waals surface area contributed by atoms with Crippen molar-refractivity contribution in [3.05, 3.63) is 11.5 Å². The van der Waals surface area contributed by atoms with E-state index in [-0.39, 0.29) is 5.38 Å². The Labute approximate surface area is 118 Å². The molecule has 0 aromatic carbocycles. The first-order valence-electron chi connectivity index (χ1n) is 7.10. The van der Waals surface area contributed by atoms with Crippen molar-refractivity contribution >= 4 is 22.8 Å². The Bertz CT molecular complexity index is 611. The van der Waals surface area contributed by atoms with Gasteiger partial charge in [-0.2, -0.15) is 5.10 Å². The fraction of sp³-hybridized carbons (Fsp3) is 0.714. The lowest BCUT2D eigenvalue weighted by Crippen LogP contribution is -2.07. The third-order valence-corrected chi connectivity index (χ3v) is 4.29. The van der Waals surface area contributed by atoms with Gasteiger partial charge in [-0.15, -0.1) is 11.6 Å². The Kier molecular flexibility index (Phi) is 3.08. The predicted molar refractivity (Wildman–Crippen MR) is 77.6 cm³/mol. The van der Waals surface area contributed by atoms with Crippen LogP contribution in [-0.2, 0) is 7.05 Å². The third kappa shape index (κ3) is 1.97. The third-order valence-electron chi connectivity index (χ3n) is 4.09. The smallest absolute Gasteiger partial charge is 0.158 e. The number of rotatable bonds is 4. The molecule has 5 heteroatoms. The summed E-state index contributed by atoms with van der Waals surface area (Å²) >= 11 is 6.33. The average molecular weight is 281 g/mol. The quantitative estimate of drug-likeness (QED) is 0.800. The highest BCUT2D eigenvalue weighted by Crippen LogP contribution is 2.49. The number of hydrogen-bond donors (Lipinski definition) is 0. The lowest BCUT2D eigenvalue weighted by molar-refractivity contribution is 0.583. The summed E-state index contributed by atoms with van der Waals surface area (Å²) in [6.45, 7) is 6.26. The molecule has 2 heterocycles. The second kappa shape index (κ2) is 4.51. The first kappa shape index (κ1) is 13.0. The van der Waals surface area contributed by atoms with E-state index in [1.54, 1.807) is 0 Å². The van der Waals surface area contributed by atoms with Crippen LogP contribution in [0, 0.1) is 12.8 Å². The molecule has 3 unspecified atom stereocenters. The number of halogens is 1. The minimum Gasteiger partial charge on any atom is -0.308 e. The first-order chi connectivity index (χ1) is 9.04. The summed E-state index contributed by atoms with van der Waals surface area (Å²) in [6, 6.07) is 0.566. The molecule has 104 valence electrons. The summed E-state index contributed by atoms with van der Waals surface area (Å²) < 4.78 is 4.29. The predicted octanol–water partition coefficient (Wildman–Crippen LogP) is 3.74. The van der Waals surface area contributed by atoms with Gasteiger partial charge in [0.1, 0.15) is 11.3 Å². The van der Waals surface area contributed by atoms with Crippen molar-refractivity contribution in [3.63, 3.8) is 0 Å². The molecule has 0 N–H and O–H groups in total. The summed E-state index contributed by atoms with van der Waals surface area (Å²) in [4.78, 5) is 4.74. The fourth-order valence-corrected chi connectivity index (χ4v) is 3.30. The van der Waals surface area contributed by atoms with Crippen molar-refractivity contribution in [1.29, 1.82) is 0 Å². The van der Waals surface area contributed by atoms with Gasteiger partial charge in [0.05, 0.1) is 11.1 Å². The van der Waals surface area contributed by atoms with E-state index < -0.39 is 0 Å². The molecule has 3 atom stereocenters. The largest absolute Gasteiger partial charge is 0.308 e. The summed E-state index contributed by atoms with van der Waals surface area (Å²) in [5, 5.41) is 4.42. The van der Waals surface area contributed by atoms with Crippen LogP contribution in [0.3, 0.4) is 0 Å². The number of imidazole rings is 1. The SMILES string of the molecule is CCCC1CC1n1c(C(C)Cl)nc2c(C)nn(C)c21. The van der Waals surface area contributed by atoms with Gasteiger partial charge in [0, 0.05) is 13.1 Å². The van der Waals surface area contributed by atoms with Crippen molar-refractivity contribution in [2.24, 2.45) is 13.0 Å². The maximum atomic E-state index is 6.33. The second-order valence-corrected chi connectivity index (χ2v) is 6.34. The van der Waals surface area contributed by atoms with Gasteiger partial charge < -0.3 is 4.57 Å². The van der Waals surface area contributed by atoms with E-state index >= 15 is 0 Å². The monoisotopic (exact) mass is 280 g/mol. The molecule has 19 heavy (non-hydrogen) atoms. The molecular formula is C14H21ClN4. The van der Waals surface area contributed by atoms with Gasteiger partial charge in [-0.05, 0) is 32.6 Å². The normalized spacial score (nSPS) is 24.1. The van der Waals surface area contributed by atoms with Crippen molar-refractivity contribution in [1.82, 2.24) is 19.3 Å². The minimum atomic E-state index is -0.0605. The number of aryl methyl sites for hydroxylation is 2. The van der Waals surface area contributed by atoms with Crippen molar-refractivity contribution < 1.29 is 0 Å². The van der Waals surface area contributed by atoms with E-state index in [0.717, 1.165) is 28.6 Å². The highest BCUT2D eigenvalue weighted by atomic mass is 35.5. The number of aromatic nitrogens is 4. The van der Waals surface area contributed by atoms with Gasteiger partial charge in [-0.25, -0.2) is 4.98 Å². The van der Waals surface area contributed by atoms with Crippen LogP contribution < -0.4 is 0 Å². The van der Waals surface area contributed by atoms with Gasteiger partial charge in [-0.1, -0.05) is 13.3 Å². The Morgan fingerprint density at radius 2 is 2.21 bits per heavy atom. The maximum absolute atomic E-state index is 6.33. The standard InChI is InChI=1S/C14H21ClN4/c1-5-6-10-7-11(10)19-13(8(2)15)16-12-9(3)17-18(4)14(12)19/h8,10-11H,5-7H2,1-4H3. The van der Waals surface area contributed by atoms with Gasteiger partial charge >= 0.3 is 0 Å². The molecule has 1 aliphatic rings. The Balaban J connectivity index is 2.12. The lowest BCUT2D eigenvalue weighted by Gasteiger charge is -2.10. The molecule has 3 rings (SSSR count). The lowest BCUT2D eigenvalue weighted by atomic mass is 10.2. The molecular weight excluding hydrogens is 260 g/mol. The van der Waals surface area contributed by atoms with E-state index in [1.165, 1.54) is 19.3 Å². The molecule has 0 amide bonds. The summed E-state index contributed by atoms with van der Waals surface area (Å²) in [5.74, 6) is 1.78. The zero-order chi connectivity index (χ0) is 13.7. The van der Waals surface area contributed by atoms with E-state index in [0.29, 0.717) is 6.04 Å². The fourth-order valence-electron chi connectivity index (χ4n) is 3.15. The highest BCUT2D eigenvalue weighted by molar-refractivity contribution is 6.20. The van der Waals surface area contributed by atoms with Gasteiger partial charge in [0.25, 0.3) is 0 Å². The summed E-state index contributed by atoms with van der Waals surface area (Å²) in [6.07, 6.45) is 3.78. The molecule has 0 spiro atoms. The number of fused-ring (bicyclic) bond motifs is 1. The Morgan fingerprint density at radius 1 is 1.47 bits per heavy atom. The van der Waals surface area contributed by atoms with E-state index in [4.69, 9.17) is 16.6 Å². The van der Waals surface area contributed by atoms with E-state index in [1.807, 2.05) is 25.6 Å². The van der Waals surface area contributed by atoms with Crippen molar-refractivity contribution in [3.8, 4) is 0 Å². The van der Waals surface area contributed by atoms with Crippen molar-refractivity contribution in [2.45, 2.75) is 51.5 Å². The van der Waals surface area contributed by atoms with Gasteiger partial charge in [0.15, 0.2) is 5.65 Å². The molecule has 2 aromatic rings. The number of hydrogen-bond acceptors (Lipinski definition) is 2.